The topological polar surface area (TPSA) is 82.0 Å². The third-order valence-electron chi connectivity index (χ3n) is 3.84. The maximum Gasteiger partial charge on any atom is 0.283 e. The molecule has 0 radical (unpaired) electrons. The zero-order valence-electron chi connectivity index (χ0n) is 13.7. The zero-order chi connectivity index (χ0) is 18.3. The van der Waals surface area contributed by atoms with E-state index in [9.17, 15) is 4.79 Å². The largest absolute Gasteiger partial charge is 0.457 e. The van der Waals surface area contributed by atoms with Crippen LogP contribution >= 0.6 is 23.4 Å². The van der Waals surface area contributed by atoms with Crippen molar-refractivity contribution in [2.24, 2.45) is 10.1 Å². The van der Waals surface area contributed by atoms with Crippen LogP contribution in [0.5, 0.6) is 0 Å². The molecule has 6 nitrogen and oxygen atoms in total. The van der Waals surface area contributed by atoms with Crippen molar-refractivity contribution in [2.75, 3.05) is 0 Å². The van der Waals surface area contributed by atoms with Gasteiger partial charge in [-0.1, -0.05) is 18.5 Å². The minimum atomic E-state index is -0.467. The van der Waals surface area contributed by atoms with Crippen LogP contribution in [0.4, 0.5) is 0 Å². The SMILES string of the molecule is CCC1=NN2C(=N)C(=Cc3ccc(-c4ccc(Cl)cc4)o3)C(=O)N=C2S1. The molecule has 0 spiro atoms. The van der Waals surface area contributed by atoms with Gasteiger partial charge in [0.25, 0.3) is 5.91 Å². The van der Waals surface area contributed by atoms with E-state index in [4.69, 9.17) is 21.4 Å². The lowest BCUT2D eigenvalue weighted by atomic mass is 10.1. The van der Waals surface area contributed by atoms with Crippen LogP contribution < -0.4 is 0 Å². The van der Waals surface area contributed by atoms with Gasteiger partial charge in [0.15, 0.2) is 5.84 Å². The minimum absolute atomic E-state index is 0.000364. The molecule has 2 aliphatic rings. The first-order valence-corrected chi connectivity index (χ1v) is 9.09. The van der Waals surface area contributed by atoms with Gasteiger partial charge in [0.1, 0.15) is 16.6 Å². The monoisotopic (exact) mass is 384 g/mol. The van der Waals surface area contributed by atoms with Crippen LogP contribution in [0.1, 0.15) is 19.1 Å². The van der Waals surface area contributed by atoms with Crippen LogP contribution in [-0.4, -0.2) is 27.0 Å². The fourth-order valence-corrected chi connectivity index (χ4v) is 3.47. The fraction of sp³-hybridized carbons (Fsp3) is 0.111. The standard InChI is InChI=1S/C18H13ClN4O2S/c1-2-15-22-23-16(20)13(17(24)21-18(23)26-15)9-12-7-8-14(25-12)10-3-5-11(19)6-4-10/h3-9,20H,2H2,1H3. The summed E-state index contributed by atoms with van der Waals surface area (Å²) < 4.78 is 5.79. The second-order valence-corrected chi connectivity index (χ2v) is 7.05. The Morgan fingerprint density at radius 1 is 1.27 bits per heavy atom. The summed E-state index contributed by atoms with van der Waals surface area (Å²) in [6.45, 7) is 1.97. The van der Waals surface area contributed by atoms with Crippen LogP contribution in [0.25, 0.3) is 17.4 Å². The molecule has 0 fully saturated rings. The summed E-state index contributed by atoms with van der Waals surface area (Å²) in [7, 11) is 0. The molecule has 0 bridgehead atoms. The molecular formula is C18H13ClN4O2S. The smallest absolute Gasteiger partial charge is 0.283 e. The first-order chi connectivity index (χ1) is 12.5. The summed E-state index contributed by atoms with van der Waals surface area (Å²) in [5, 5.41) is 15.9. The zero-order valence-corrected chi connectivity index (χ0v) is 15.3. The highest BCUT2D eigenvalue weighted by Crippen LogP contribution is 2.30. The van der Waals surface area contributed by atoms with Gasteiger partial charge < -0.3 is 4.42 Å². The number of fused-ring (bicyclic) bond motifs is 1. The highest BCUT2D eigenvalue weighted by Gasteiger charge is 2.35. The second-order valence-electron chi connectivity index (χ2n) is 5.58. The maximum absolute atomic E-state index is 12.3. The number of thioether (sulfide) groups is 1. The number of aliphatic imine (C=N–C) groups is 1. The van der Waals surface area contributed by atoms with Gasteiger partial charge in [0, 0.05) is 10.6 Å². The Bertz CT molecular complexity index is 1000. The van der Waals surface area contributed by atoms with E-state index < -0.39 is 5.91 Å². The van der Waals surface area contributed by atoms with Crippen molar-refractivity contribution in [3.63, 3.8) is 0 Å². The van der Waals surface area contributed by atoms with E-state index >= 15 is 0 Å². The number of rotatable bonds is 3. The molecule has 26 heavy (non-hydrogen) atoms. The lowest BCUT2D eigenvalue weighted by molar-refractivity contribution is -0.114. The van der Waals surface area contributed by atoms with E-state index in [1.54, 1.807) is 24.3 Å². The number of amides is 1. The maximum atomic E-state index is 12.3. The van der Waals surface area contributed by atoms with Crippen molar-refractivity contribution in [2.45, 2.75) is 13.3 Å². The molecule has 0 saturated carbocycles. The van der Waals surface area contributed by atoms with E-state index in [1.165, 1.54) is 22.8 Å². The van der Waals surface area contributed by atoms with Crippen molar-refractivity contribution in [3.05, 3.63) is 52.8 Å². The molecule has 0 unspecified atom stereocenters. The van der Waals surface area contributed by atoms with E-state index in [1.807, 2.05) is 19.1 Å². The molecule has 3 heterocycles. The molecule has 0 saturated heterocycles. The van der Waals surface area contributed by atoms with Crippen LogP contribution in [0.2, 0.25) is 5.02 Å². The predicted molar refractivity (Wildman–Crippen MR) is 104 cm³/mol. The average Bonchev–Trinajstić information content (AvgIpc) is 3.26. The number of nitrogens with zero attached hydrogens (tertiary/aromatic N) is 3. The van der Waals surface area contributed by atoms with Gasteiger partial charge in [-0.25, -0.2) is 0 Å². The van der Waals surface area contributed by atoms with E-state index in [0.717, 1.165) is 17.0 Å². The minimum Gasteiger partial charge on any atom is -0.457 e. The number of furan rings is 1. The molecule has 1 N–H and O–H groups in total. The van der Waals surface area contributed by atoms with Gasteiger partial charge >= 0.3 is 0 Å². The van der Waals surface area contributed by atoms with Crippen LogP contribution in [0, 0.1) is 5.41 Å². The second kappa shape index (κ2) is 6.59. The average molecular weight is 385 g/mol. The molecular weight excluding hydrogens is 372 g/mol. The summed E-state index contributed by atoms with van der Waals surface area (Å²) in [6, 6.07) is 10.8. The Hall–Kier alpha value is -2.64. The fourth-order valence-electron chi connectivity index (χ4n) is 2.52. The van der Waals surface area contributed by atoms with E-state index in [2.05, 4.69) is 10.1 Å². The molecule has 0 aliphatic carbocycles. The quantitative estimate of drug-likeness (QED) is 0.782. The number of nitrogens with one attached hydrogen (secondary N) is 1. The summed E-state index contributed by atoms with van der Waals surface area (Å²) in [5.74, 6) is 0.648. The number of halogens is 1. The van der Waals surface area contributed by atoms with Crippen molar-refractivity contribution in [1.29, 1.82) is 5.41 Å². The molecule has 0 atom stereocenters. The van der Waals surface area contributed by atoms with E-state index in [-0.39, 0.29) is 11.4 Å². The number of hydrogen-bond donors (Lipinski definition) is 1. The molecule has 2 aromatic rings. The van der Waals surface area contributed by atoms with Crippen LogP contribution in [0.15, 0.2) is 56.5 Å². The first kappa shape index (κ1) is 16.8. The van der Waals surface area contributed by atoms with Crippen LogP contribution in [0.3, 0.4) is 0 Å². The molecule has 130 valence electrons. The van der Waals surface area contributed by atoms with Gasteiger partial charge in [-0.05, 0) is 60.7 Å². The van der Waals surface area contributed by atoms with Crippen molar-refractivity contribution < 1.29 is 9.21 Å². The number of benzene rings is 1. The Kier molecular flexibility index (Phi) is 4.26. The number of amidine groups is 2. The van der Waals surface area contributed by atoms with Gasteiger partial charge in [0.05, 0.1) is 5.57 Å². The number of hydrogen-bond acceptors (Lipinski definition) is 5. The lowest BCUT2D eigenvalue weighted by Crippen LogP contribution is -2.35. The summed E-state index contributed by atoms with van der Waals surface area (Å²) in [5.41, 5.74) is 1.02. The van der Waals surface area contributed by atoms with Crippen molar-refractivity contribution >= 4 is 51.4 Å². The Labute approximate surface area is 158 Å². The Balaban J connectivity index is 1.65. The summed E-state index contributed by atoms with van der Waals surface area (Å²) in [4.78, 5) is 16.3. The normalized spacial score (nSPS) is 18.2. The van der Waals surface area contributed by atoms with Gasteiger partial charge in [-0.15, -0.1) is 0 Å². The summed E-state index contributed by atoms with van der Waals surface area (Å²) in [6.07, 6.45) is 2.25. The highest BCUT2D eigenvalue weighted by molar-refractivity contribution is 8.26. The van der Waals surface area contributed by atoms with Crippen LogP contribution in [-0.2, 0) is 4.79 Å². The Morgan fingerprint density at radius 2 is 2.04 bits per heavy atom. The van der Waals surface area contributed by atoms with Crippen molar-refractivity contribution in [3.8, 4) is 11.3 Å². The number of carbonyl (C=O) groups excluding carboxylic acids is 1. The lowest BCUT2D eigenvalue weighted by Gasteiger charge is -2.19. The summed E-state index contributed by atoms with van der Waals surface area (Å²) >= 11 is 7.22. The van der Waals surface area contributed by atoms with Gasteiger partial charge in [0.2, 0.25) is 5.17 Å². The predicted octanol–water partition coefficient (Wildman–Crippen LogP) is 4.63. The molecule has 4 rings (SSSR count). The molecule has 2 aliphatic heterocycles. The number of carbonyl (C=O) groups is 1. The third-order valence-corrected chi connectivity index (χ3v) is 5.15. The van der Waals surface area contributed by atoms with E-state index in [0.29, 0.717) is 21.7 Å². The Morgan fingerprint density at radius 3 is 2.77 bits per heavy atom. The highest BCUT2D eigenvalue weighted by atomic mass is 35.5. The molecule has 8 heteroatoms. The molecule has 1 amide bonds. The third kappa shape index (κ3) is 3.00. The number of hydrazone groups is 1. The van der Waals surface area contributed by atoms with Crippen molar-refractivity contribution in [1.82, 2.24) is 5.01 Å². The molecule has 1 aromatic heterocycles. The van der Waals surface area contributed by atoms with Gasteiger partial charge in [-0.2, -0.15) is 15.1 Å². The first-order valence-electron chi connectivity index (χ1n) is 7.90. The molecule has 1 aromatic carbocycles. The van der Waals surface area contributed by atoms with Gasteiger partial charge in [-0.3, -0.25) is 10.2 Å².